The number of hydrogen-bond donors (Lipinski definition) is 1. The number of aryl methyl sites for hydroxylation is 1. The van der Waals surface area contributed by atoms with Crippen molar-refractivity contribution in [2.24, 2.45) is 4.99 Å². The zero-order valence-corrected chi connectivity index (χ0v) is 23.5. The Morgan fingerprint density at radius 2 is 2.07 bits per heavy atom. The number of likely N-dealkylation sites (tertiary alicyclic amines) is 1. The van der Waals surface area contributed by atoms with Gasteiger partial charge < -0.3 is 19.1 Å². The van der Waals surface area contributed by atoms with Crippen LogP contribution in [-0.4, -0.2) is 62.0 Å². The maximum Gasteiger partial charge on any atom is 0.354 e. The lowest BCUT2D eigenvalue weighted by Crippen LogP contribution is -2.34. The summed E-state index contributed by atoms with van der Waals surface area (Å²) in [6.45, 7) is 8.99. The summed E-state index contributed by atoms with van der Waals surface area (Å²) < 4.78 is 27.4. The Labute approximate surface area is 242 Å². The summed E-state index contributed by atoms with van der Waals surface area (Å²) in [5, 5.41) is 9.75. The van der Waals surface area contributed by atoms with Gasteiger partial charge in [0.2, 0.25) is 5.88 Å². The highest BCUT2D eigenvalue weighted by Crippen LogP contribution is 2.29. The van der Waals surface area contributed by atoms with E-state index in [0.29, 0.717) is 35.5 Å². The van der Waals surface area contributed by atoms with Crippen LogP contribution in [0.2, 0.25) is 5.02 Å². The average molecular weight is 580 g/mol. The molecule has 2 saturated heterocycles. The molecule has 0 saturated carbocycles. The lowest BCUT2D eigenvalue weighted by atomic mass is 10.0. The molecule has 3 aromatic rings. The van der Waals surface area contributed by atoms with E-state index < -0.39 is 11.8 Å². The van der Waals surface area contributed by atoms with Crippen LogP contribution in [0.5, 0.6) is 11.6 Å². The second-order valence-electron chi connectivity index (χ2n) is 9.99. The predicted molar refractivity (Wildman–Crippen MR) is 154 cm³/mol. The molecule has 2 aliphatic rings. The van der Waals surface area contributed by atoms with Gasteiger partial charge in [0, 0.05) is 30.8 Å². The number of aliphatic carboxylic acids is 1. The van der Waals surface area contributed by atoms with Crippen molar-refractivity contribution < 1.29 is 23.8 Å². The molecule has 0 spiro atoms. The van der Waals surface area contributed by atoms with Gasteiger partial charge in [0.25, 0.3) is 0 Å². The molecule has 0 unspecified atom stereocenters. The van der Waals surface area contributed by atoms with Gasteiger partial charge in [0.15, 0.2) is 17.4 Å². The molecule has 0 bridgehead atoms. The molecular formula is C30H31ClFN5O4. The normalized spacial score (nSPS) is 17.7. The first-order chi connectivity index (χ1) is 19.8. The summed E-state index contributed by atoms with van der Waals surface area (Å²) in [5.74, 6) is 0.0451. The van der Waals surface area contributed by atoms with E-state index >= 15 is 0 Å². The van der Waals surface area contributed by atoms with E-state index in [1.807, 2.05) is 23.6 Å². The lowest BCUT2D eigenvalue weighted by Gasteiger charge is -2.30. The fraction of sp³-hybridized carbons (Fsp3) is 0.333. The quantitative estimate of drug-likeness (QED) is 0.295. The van der Waals surface area contributed by atoms with E-state index in [9.17, 15) is 14.3 Å². The van der Waals surface area contributed by atoms with E-state index in [1.54, 1.807) is 12.1 Å². The summed E-state index contributed by atoms with van der Waals surface area (Å²) in [7, 11) is 0. The molecule has 5 rings (SSSR count). The van der Waals surface area contributed by atoms with Crippen molar-refractivity contribution in [3.63, 3.8) is 0 Å². The smallest absolute Gasteiger partial charge is 0.354 e. The Hall–Kier alpha value is -3.86. The number of ether oxygens (including phenoxy) is 2. The van der Waals surface area contributed by atoms with E-state index in [-0.39, 0.29) is 17.6 Å². The van der Waals surface area contributed by atoms with Gasteiger partial charge in [-0.15, -0.1) is 0 Å². The number of halogens is 2. The third-order valence-electron chi connectivity index (χ3n) is 7.07. The summed E-state index contributed by atoms with van der Waals surface area (Å²) in [4.78, 5) is 27.5. The van der Waals surface area contributed by atoms with Crippen LogP contribution in [0.3, 0.4) is 0 Å². The van der Waals surface area contributed by atoms with Crippen molar-refractivity contribution in [1.82, 2.24) is 19.4 Å². The second-order valence-corrected chi connectivity index (χ2v) is 10.4. The Morgan fingerprint density at radius 1 is 1.29 bits per heavy atom. The number of aliphatic imine (C=N–C) groups is 1. The Bertz CT molecular complexity index is 1500. The van der Waals surface area contributed by atoms with Crippen molar-refractivity contribution in [2.75, 3.05) is 19.7 Å². The first-order valence-electron chi connectivity index (χ1n) is 13.4. The Morgan fingerprint density at radius 3 is 2.73 bits per heavy atom. The topological polar surface area (TPSA) is 102 Å². The zero-order valence-electron chi connectivity index (χ0n) is 22.7. The second kappa shape index (κ2) is 12.8. The van der Waals surface area contributed by atoms with Crippen LogP contribution in [0, 0.1) is 12.7 Å². The SMILES string of the molecule is C=C/C(=N\c1c(C)nc(CN2CCC(=Cc3cccc(Oc4ccc(Cl)cc4F)n3)CC2)n1C[C@@H]1CCO1)C(=O)O. The lowest BCUT2D eigenvalue weighted by molar-refractivity contribution is -0.129. The molecule has 2 aromatic heterocycles. The van der Waals surface area contributed by atoms with Crippen LogP contribution in [0.25, 0.3) is 6.08 Å². The standard InChI is InChI=1S/C30H31ClFN5O4/c1-3-25(30(38)39)35-29-19(2)33-27(37(29)17-23-11-14-40-23)18-36-12-9-20(10-13-36)15-22-5-4-6-28(34-22)41-26-8-7-21(31)16-24(26)32/h3-8,15-16,23H,1,9-14,17-18H2,2H3,(H,38,39)/b35-25+/t23-/m0/s1. The van der Waals surface area contributed by atoms with Gasteiger partial charge >= 0.3 is 5.97 Å². The van der Waals surface area contributed by atoms with Gasteiger partial charge in [0.05, 0.1) is 30.6 Å². The molecule has 1 atom stereocenters. The largest absolute Gasteiger partial charge is 0.477 e. The van der Waals surface area contributed by atoms with E-state index in [2.05, 4.69) is 27.5 Å². The van der Waals surface area contributed by atoms with Crippen molar-refractivity contribution in [3.05, 3.63) is 82.7 Å². The highest BCUT2D eigenvalue weighted by Gasteiger charge is 2.25. The van der Waals surface area contributed by atoms with Crippen LogP contribution in [0.4, 0.5) is 10.2 Å². The summed E-state index contributed by atoms with van der Waals surface area (Å²) in [6, 6.07) is 9.65. The van der Waals surface area contributed by atoms with Crippen LogP contribution in [0.15, 0.2) is 59.6 Å². The molecule has 214 valence electrons. The van der Waals surface area contributed by atoms with E-state index in [4.69, 9.17) is 26.1 Å². The molecule has 9 nitrogen and oxygen atoms in total. The minimum absolute atomic E-state index is 0.0626. The average Bonchev–Trinajstić information content (AvgIpc) is 3.20. The summed E-state index contributed by atoms with van der Waals surface area (Å²) >= 11 is 5.83. The van der Waals surface area contributed by atoms with Gasteiger partial charge in [-0.05, 0) is 62.6 Å². The van der Waals surface area contributed by atoms with Gasteiger partial charge in [-0.3, -0.25) is 4.90 Å². The summed E-state index contributed by atoms with van der Waals surface area (Å²) in [6.07, 6.45) is 6.01. The molecule has 1 N–H and O–H groups in total. The van der Waals surface area contributed by atoms with E-state index in [0.717, 1.165) is 50.5 Å². The molecule has 0 radical (unpaired) electrons. The number of rotatable bonds is 10. The van der Waals surface area contributed by atoms with Gasteiger partial charge in [0.1, 0.15) is 11.5 Å². The highest BCUT2D eigenvalue weighted by molar-refractivity contribution is 6.40. The fourth-order valence-corrected chi connectivity index (χ4v) is 4.95. The molecule has 2 aliphatic heterocycles. The maximum absolute atomic E-state index is 14.1. The molecule has 0 aliphatic carbocycles. The number of pyridine rings is 1. The van der Waals surface area contributed by atoms with Gasteiger partial charge in [-0.2, -0.15) is 0 Å². The van der Waals surface area contributed by atoms with E-state index in [1.165, 1.54) is 23.8 Å². The van der Waals surface area contributed by atoms with Crippen molar-refractivity contribution in [1.29, 1.82) is 0 Å². The maximum atomic E-state index is 14.1. The number of hydrogen-bond acceptors (Lipinski definition) is 7. The number of benzene rings is 1. The van der Waals surface area contributed by atoms with Crippen LogP contribution < -0.4 is 4.74 Å². The summed E-state index contributed by atoms with van der Waals surface area (Å²) in [5.41, 5.74) is 2.55. The van der Waals surface area contributed by atoms with Crippen molar-refractivity contribution in [3.8, 4) is 11.6 Å². The van der Waals surface area contributed by atoms with Gasteiger partial charge in [-0.25, -0.2) is 24.1 Å². The third-order valence-corrected chi connectivity index (χ3v) is 7.31. The third kappa shape index (κ3) is 7.08. The minimum Gasteiger partial charge on any atom is -0.477 e. The monoisotopic (exact) mass is 579 g/mol. The van der Waals surface area contributed by atoms with Crippen LogP contribution in [0.1, 0.15) is 36.5 Å². The number of carbonyl (C=O) groups is 1. The Balaban J connectivity index is 1.26. The molecule has 4 heterocycles. The first-order valence-corrected chi connectivity index (χ1v) is 13.8. The molecule has 41 heavy (non-hydrogen) atoms. The number of imidazole rings is 1. The van der Waals surface area contributed by atoms with Gasteiger partial charge in [-0.1, -0.05) is 29.8 Å². The fourth-order valence-electron chi connectivity index (χ4n) is 4.79. The number of carboxylic acid groups (broad SMARTS) is 1. The molecular weight excluding hydrogens is 549 g/mol. The molecule has 11 heteroatoms. The number of nitrogens with zero attached hydrogens (tertiary/aromatic N) is 5. The highest BCUT2D eigenvalue weighted by atomic mass is 35.5. The predicted octanol–water partition coefficient (Wildman–Crippen LogP) is 5.98. The number of aromatic nitrogens is 3. The van der Waals surface area contributed by atoms with Crippen LogP contribution in [-0.2, 0) is 22.6 Å². The number of piperidine rings is 1. The van der Waals surface area contributed by atoms with Crippen molar-refractivity contribution in [2.45, 2.75) is 45.4 Å². The first kappa shape index (κ1) is 28.7. The Kier molecular flexibility index (Phi) is 8.92. The zero-order chi connectivity index (χ0) is 28.9. The molecule has 1 aromatic carbocycles. The number of carboxylic acids is 1. The van der Waals surface area contributed by atoms with Crippen LogP contribution >= 0.6 is 11.6 Å². The molecule has 2 fully saturated rings. The molecule has 0 amide bonds. The van der Waals surface area contributed by atoms with Crippen molar-refractivity contribution >= 4 is 35.2 Å². The minimum atomic E-state index is -1.13.